The molecule has 25 heavy (non-hydrogen) atoms. The maximum absolute atomic E-state index is 12.6. The number of aliphatic carboxylic acids is 1. The van der Waals surface area contributed by atoms with Crippen molar-refractivity contribution in [2.75, 3.05) is 0 Å². The average molecular weight is 343 g/mol. The Labute approximate surface area is 144 Å². The molecular weight excluding hydrogens is 322 g/mol. The maximum Gasteiger partial charge on any atom is 0.305 e. The normalized spacial score (nSPS) is 16.3. The van der Waals surface area contributed by atoms with Crippen LogP contribution < -0.4 is 10.9 Å². The number of amides is 1. The van der Waals surface area contributed by atoms with Gasteiger partial charge in [-0.05, 0) is 25.0 Å². The van der Waals surface area contributed by atoms with E-state index in [9.17, 15) is 19.5 Å². The van der Waals surface area contributed by atoms with Crippen molar-refractivity contribution >= 4 is 11.9 Å². The second-order valence-corrected chi connectivity index (χ2v) is 6.54. The van der Waals surface area contributed by atoms with Gasteiger partial charge in [-0.1, -0.05) is 37.5 Å². The summed E-state index contributed by atoms with van der Waals surface area (Å²) in [7, 11) is 0. The van der Waals surface area contributed by atoms with Gasteiger partial charge >= 0.3 is 5.97 Å². The highest BCUT2D eigenvalue weighted by molar-refractivity contribution is 5.93. The van der Waals surface area contributed by atoms with Gasteiger partial charge in [0.15, 0.2) is 0 Å². The third-order valence-electron chi connectivity index (χ3n) is 4.66. The van der Waals surface area contributed by atoms with Gasteiger partial charge < -0.3 is 10.4 Å². The van der Waals surface area contributed by atoms with Crippen molar-refractivity contribution in [3.8, 4) is 5.69 Å². The highest BCUT2D eigenvalue weighted by Gasteiger charge is 2.36. The molecule has 7 nitrogen and oxygen atoms in total. The van der Waals surface area contributed by atoms with Crippen molar-refractivity contribution in [2.45, 2.75) is 44.1 Å². The average Bonchev–Trinajstić information content (AvgIpc) is 2.98. The Morgan fingerprint density at radius 1 is 1.16 bits per heavy atom. The maximum atomic E-state index is 12.6. The van der Waals surface area contributed by atoms with E-state index in [0.717, 1.165) is 19.3 Å². The lowest BCUT2D eigenvalue weighted by Crippen LogP contribution is -2.51. The summed E-state index contributed by atoms with van der Waals surface area (Å²) in [5, 5.41) is 14.9. The number of nitrogens with zero attached hydrogens (tertiary/aromatic N) is 1. The SMILES string of the molecule is O=C(O)CC1(NC(=O)c2cc(=O)n(-c3ccccc3)[nH]2)CCCCC1. The second-order valence-electron chi connectivity index (χ2n) is 6.54. The van der Waals surface area contributed by atoms with Crippen LogP contribution in [-0.4, -0.2) is 32.3 Å². The molecule has 1 fully saturated rings. The Morgan fingerprint density at radius 3 is 2.48 bits per heavy atom. The molecule has 1 aliphatic rings. The third-order valence-corrected chi connectivity index (χ3v) is 4.66. The van der Waals surface area contributed by atoms with Gasteiger partial charge in [0.1, 0.15) is 5.69 Å². The minimum Gasteiger partial charge on any atom is -0.481 e. The first-order valence-electron chi connectivity index (χ1n) is 8.41. The molecule has 0 saturated heterocycles. The molecule has 1 aromatic carbocycles. The number of hydrogen-bond donors (Lipinski definition) is 3. The first kappa shape index (κ1) is 17.0. The lowest BCUT2D eigenvalue weighted by atomic mass is 9.79. The van der Waals surface area contributed by atoms with Crippen LogP contribution in [0.3, 0.4) is 0 Å². The molecule has 1 aromatic heterocycles. The zero-order chi connectivity index (χ0) is 17.9. The van der Waals surface area contributed by atoms with Gasteiger partial charge in [0.2, 0.25) is 0 Å². The van der Waals surface area contributed by atoms with Crippen molar-refractivity contribution in [1.29, 1.82) is 0 Å². The number of nitrogens with one attached hydrogen (secondary N) is 2. The molecule has 0 radical (unpaired) electrons. The summed E-state index contributed by atoms with van der Waals surface area (Å²) in [5.74, 6) is -1.38. The quantitative estimate of drug-likeness (QED) is 0.773. The summed E-state index contributed by atoms with van der Waals surface area (Å²) >= 11 is 0. The van der Waals surface area contributed by atoms with Gasteiger partial charge in [-0.25, -0.2) is 4.68 Å². The number of aromatic nitrogens is 2. The van der Waals surface area contributed by atoms with Gasteiger partial charge in [0.25, 0.3) is 11.5 Å². The summed E-state index contributed by atoms with van der Waals surface area (Å²) in [4.78, 5) is 36.0. The van der Waals surface area contributed by atoms with E-state index in [1.54, 1.807) is 24.3 Å². The number of carboxylic acids is 1. The summed E-state index contributed by atoms with van der Waals surface area (Å²) in [6.07, 6.45) is 3.97. The lowest BCUT2D eigenvalue weighted by molar-refractivity contribution is -0.139. The van der Waals surface area contributed by atoms with E-state index in [4.69, 9.17) is 0 Å². The molecule has 1 amide bonds. The van der Waals surface area contributed by atoms with Crippen LogP contribution in [0, 0.1) is 0 Å². The first-order chi connectivity index (χ1) is 12.0. The third kappa shape index (κ3) is 3.81. The summed E-state index contributed by atoms with van der Waals surface area (Å²) in [6, 6.07) is 10.2. The second kappa shape index (κ2) is 6.96. The number of para-hydroxylation sites is 1. The standard InChI is InChI=1S/C18H21N3O4/c22-15-11-14(20-21(15)13-7-3-1-4-8-13)17(25)19-18(12-16(23)24)9-5-2-6-10-18/h1,3-4,7-8,11,20H,2,5-6,9-10,12H2,(H,19,25)(H,23,24). The molecule has 7 heteroatoms. The number of rotatable bonds is 5. The number of H-pyrrole nitrogens is 1. The number of benzene rings is 1. The van der Waals surface area contributed by atoms with Crippen LogP contribution in [0.5, 0.6) is 0 Å². The largest absolute Gasteiger partial charge is 0.481 e. The summed E-state index contributed by atoms with van der Waals surface area (Å²) in [5.41, 5.74) is -0.326. The molecular formula is C18H21N3O4. The van der Waals surface area contributed by atoms with E-state index in [-0.39, 0.29) is 17.7 Å². The molecule has 0 unspecified atom stereocenters. The number of carbonyl (C=O) groups is 2. The smallest absolute Gasteiger partial charge is 0.305 e. The number of carbonyl (C=O) groups excluding carboxylic acids is 1. The van der Waals surface area contributed by atoms with Crippen LogP contribution in [0.25, 0.3) is 5.69 Å². The van der Waals surface area contributed by atoms with Crippen molar-refractivity contribution < 1.29 is 14.7 Å². The van der Waals surface area contributed by atoms with Crippen molar-refractivity contribution in [3.05, 3.63) is 52.4 Å². The van der Waals surface area contributed by atoms with Crippen molar-refractivity contribution in [1.82, 2.24) is 15.1 Å². The minimum absolute atomic E-state index is 0.109. The molecule has 1 aliphatic carbocycles. The molecule has 3 N–H and O–H groups in total. The molecule has 0 spiro atoms. The molecule has 3 rings (SSSR count). The summed E-state index contributed by atoms with van der Waals surface area (Å²) < 4.78 is 1.29. The highest BCUT2D eigenvalue weighted by atomic mass is 16.4. The first-order valence-corrected chi connectivity index (χ1v) is 8.41. The number of aromatic amines is 1. The Bertz CT molecular complexity index is 816. The van der Waals surface area contributed by atoms with E-state index >= 15 is 0 Å². The fourth-order valence-corrected chi connectivity index (χ4v) is 3.45. The molecule has 2 aromatic rings. The lowest BCUT2D eigenvalue weighted by Gasteiger charge is -2.36. The van der Waals surface area contributed by atoms with Crippen LogP contribution in [0.4, 0.5) is 0 Å². The van der Waals surface area contributed by atoms with E-state index in [1.165, 1.54) is 10.7 Å². The van der Waals surface area contributed by atoms with Gasteiger partial charge in [-0.2, -0.15) is 0 Å². The fourth-order valence-electron chi connectivity index (χ4n) is 3.45. The van der Waals surface area contributed by atoms with Crippen LogP contribution >= 0.6 is 0 Å². The Kier molecular flexibility index (Phi) is 4.74. The van der Waals surface area contributed by atoms with E-state index in [1.807, 2.05) is 6.07 Å². The van der Waals surface area contributed by atoms with Crippen molar-refractivity contribution in [3.63, 3.8) is 0 Å². The Hall–Kier alpha value is -2.83. The predicted molar refractivity (Wildman–Crippen MR) is 91.9 cm³/mol. The zero-order valence-electron chi connectivity index (χ0n) is 13.8. The van der Waals surface area contributed by atoms with Crippen LogP contribution in [0.2, 0.25) is 0 Å². The molecule has 0 bridgehead atoms. The van der Waals surface area contributed by atoms with E-state index in [0.29, 0.717) is 18.5 Å². The predicted octanol–water partition coefficient (Wildman–Crippen LogP) is 2.07. The van der Waals surface area contributed by atoms with E-state index in [2.05, 4.69) is 10.4 Å². The van der Waals surface area contributed by atoms with E-state index < -0.39 is 17.4 Å². The molecule has 1 saturated carbocycles. The molecule has 1 heterocycles. The van der Waals surface area contributed by atoms with Gasteiger partial charge in [0, 0.05) is 6.07 Å². The topological polar surface area (TPSA) is 104 Å². The number of hydrogen-bond acceptors (Lipinski definition) is 3. The van der Waals surface area contributed by atoms with Crippen LogP contribution in [0.1, 0.15) is 49.0 Å². The van der Waals surface area contributed by atoms with Crippen LogP contribution in [-0.2, 0) is 4.79 Å². The highest BCUT2D eigenvalue weighted by Crippen LogP contribution is 2.31. The zero-order valence-corrected chi connectivity index (χ0v) is 13.8. The molecule has 132 valence electrons. The Morgan fingerprint density at radius 2 is 1.84 bits per heavy atom. The fraction of sp³-hybridized carbons (Fsp3) is 0.389. The van der Waals surface area contributed by atoms with Crippen LogP contribution in [0.15, 0.2) is 41.2 Å². The number of carboxylic acid groups (broad SMARTS) is 1. The van der Waals surface area contributed by atoms with Gasteiger partial charge in [-0.3, -0.25) is 19.5 Å². The summed E-state index contributed by atoms with van der Waals surface area (Å²) in [6.45, 7) is 0. The van der Waals surface area contributed by atoms with Gasteiger partial charge in [-0.15, -0.1) is 0 Å². The Balaban J connectivity index is 1.83. The molecule has 0 atom stereocenters. The minimum atomic E-state index is -0.933. The van der Waals surface area contributed by atoms with Crippen molar-refractivity contribution in [2.24, 2.45) is 0 Å². The monoisotopic (exact) mass is 343 g/mol. The van der Waals surface area contributed by atoms with Gasteiger partial charge in [0.05, 0.1) is 17.6 Å². The molecule has 0 aliphatic heterocycles.